The fourth-order valence-corrected chi connectivity index (χ4v) is 2.80. The molecule has 1 aromatic heterocycles. The van der Waals surface area contributed by atoms with Crippen molar-refractivity contribution in [2.75, 3.05) is 18.5 Å². The summed E-state index contributed by atoms with van der Waals surface area (Å²) in [5.41, 5.74) is 3.23. The first-order chi connectivity index (χ1) is 10.3. The lowest BCUT2D eigenvalue weighted by atomic mass is 10.2. The maximum Gasteiger partial charge on any atom is 0.204 e. The second-order valence-electron chi connectivity index (χ2n) is 4.79. The van der Waals surface area contributed by atoms with Gasteiger partial charge in [-0.25, -0.2) is 4.98 Å². The second kappa shape index (κ2) is 6.28. The Hall–Kier alpha value is -1.85. The Morgan fingerprint density at radius 3 is 2.81 bits per heavy atom. The van der Waals surface area contributed by atoms with E-state index in [9.17, 15) is 0 Å². The molecular formula is C16H16BrN3O. The van der Waals surface area contributed by atoms with E-state index in [1.165, 1.54) is 5.56 Å². The maximum atomic E-state index is 9.01. The third-order valence-electron chi connectivity index (χ3n) is 3.28. The van der Waals surface area contributed by atoms with Crippen LogP contribution in [0.5, 0.6) is 0 Å². The molecule has 2 N–H and O–H groups in total. The molecule has 21 heavy (non-hydrogen) atoms. The van der Waals surface area contributed by atoms with Crippen LogP contribution in [0.25, 0.3) is 11.0 Å². The lowest BCUT2D eigenvalue weighted by molar-refractivity contribution is 0.310. The number of hydrogen-bond acceptors (Lipinski definition) is 3. The molecule has 0 saturated heterocycles. The summed E-state index contributed by atoms with van der Waals surface area (Å²) in [6.45, 7) is 1.30. The number of halogens is 1. The first-order valence-electron chi connectivity index (χ1n) is 6.82. The van der Waals surface area contributed by atoms with Gasteiger partial charge in [-0.05, 0) is 29.8 Å². The van der Waals surface area contributed by atoms with Gasteiger partial charge >= 0.3 is 0 Å². The number of imidazole rings is 1. The van der Waals surface area contributed by atoms with Crippen molar-refractivity contribution in [3.63, 3.8) is 0 Å². The van der Waals surface area contributed by atoms with E-state index in [0.29, 0.717) is 6.54 Å². The Morgan fingerprint density at radius 1 is 1.14 bits per heavy atom. The van der Waals surface area contributed by atoms with Crippen LogP contribution in [0.4, 0.5) is 5.95 Å². The molecule has 4 nitrogen and oxygen atoms in total. The Morgan fingerprint density at radius 2 is 2.00 bits per heavy atom. The first-order valence-corrected chi connectivity index (χ1v) is 7.61. The normalized spacial score (nSPS) is 11.0. The minimum atomic E-state index is 0.0834. The van der Waals surface area contributed by atoms with Gasteiger partial charge in [0.25, 0.3) is 0 Å². The first kappa shape index (κ1) is 14.1. The van der Waals surface area contributed by atoms with Crippen molar-refractivity contribution in [3.05, 3.63) is 58.6 Å². The molecule has 0 saturated carbocycles. The standard InChI is InChI=1S/C16H16BrN3O/c17-13-5-3-4-12(10-13)11-20-15-7-2-1-6-14(15)19-16(20)18-8-9-21/h1-7,10,21H,8-9,11H2,(H,18,19). The van der Waals surface area contributed by atoms with E-state index in [4.69, 9.17) is 5.11 Å². The molecule has 108 valence electrons. The van der Waals surface area contributed by atoms with Crippen molar-refractivity contribution in [3.8, 4) is 0 Å². The third kappa shape index (κ3) is 3.09. The minimum Gasteiger partial charge on any atom is -0.395 e. The summed E-state index contributed by atoms with van der Waals surface area (Å²) < 4.78 is 3.20. The van der Waals surface area contributed by atoms with Gasteiger partial charge in [0.15, 0.2) is 0 Å². The molecule has 0 amide bonds. The number of fused-ring (bicyclic) bond motifs is 1. The predicted octanol–water partition coefficient (Wildman–Crippen LogP) is 3.25. The molecule has 1 heterocycles. The molecule has 0 aliphatic heterocycles. The van der Waals surface area contributed by atoms with Crippen molar-refractivity contribution in [2.45, 2.75) is 6.54 Å². The van der Waals surface area contributed by atoms with Crippen molar-refractivity contribution >= 4 is 32.9 Å². The van der Waals surface area contributed by atoms with Crippen LogP contribution in [0, 0.1) is 0 Å². The van der Waals surface area contributed by atoms with Crippen LogP contribution in [0.15, 0.2) is 53.0 Å². The minimum absolute atomic E-state index is 0.0834. The number of anilines is 1. The molecule has 0 aliphatic rings. The van der Waals surface area contributed by atoms with Gasteiger partial charge in [-0.15, -0.1) is 0 Å². The molecule has 0 unspecified atom stereocenters. The van der Waals surface area contributed by atoms with E-state index in [-0.39, 0.29) is 6.61 Å². The van der Waals surface area contributed by atoms with Gasteiger partial charge in [-0.2, -0.15) is 0 Å². The zero-order chi connectivity index (χ0) is 14.7. The lowest BCUT2D eigenvalue weighted by Gasteiger charge is -2.10. The van der Waals surface area contributed by atoms with E-state index < -0.39 is 0 Å². The van der Waals surface area contributed by atoms with Gasteiger partial charge in [-0.1, -0.05) is 40.2 Å². The van der Waals surface area contributed by atoms with E-state index in [0.717, 1.165) is 28.0 Å². The van der Waals surface area contributed by atoms with Crippen LogP contribution in [0.3, 0.4) is 0 Å². The molecule has 3 aromatic rings. The van der Waals surface area contributed by atoms with Crippen molar-refractivity contribution in [2.24, 2.45) is 0 Å². The molecule has 5 heteroatoms. The van der Waals surface area contributed by atoms with Crippen LogP contribution in [-0.4, -0.2) is 27.8 Å². The van der Waals surface area contributed by atoms with Gasteiger partial charge in [0.1, 0.15) is 0 Å². The Kier molecular flexibility index (Phi) is 4.22. The second-order valence-corrected chi connectivity index (χ2v) is 5.71. The zero-order valence-electron chi connectivity index (χ0n) is 11.5. The quantitative estimate of drug-likeness (QED) is 0.746. The fraction of sp³-hybridized carbons (Fsp3) is 0.188. The average Bonchev–Trinajstić information content (AvgIpc) is 2.83. The molecule has 0 bridgehead atoms. The van der Waals surface area contributed by atoms with Gasteiger partial charge in [-0.3, -0.25) is 0 Å². The Bertz CT molecular complexity index is 754. The van der Waals surface area contributed by atoms with Crippen LogP contribution in [0.1, 0.15) is 5.56 Å². The highest BCUT2D eigenvalue weighted by molar-refractivity contribution is 9.10. The summed E-state index contributed by atoms with van der Waals surface area (Å²) in [5.74, 6) is 0.783. The molecule has 0 radical (unpaired) electrons. The van der Waals surface area contributed by atoms with E-state index in [1.54, 1.807) is 0 Å². The average molecular weight is 346 g/mol. The number of hydrogen-bond donors (Lipinski definition) is 2. The van der Waals surface area contributed by atoms with E-state index in [2.05, 4.69) is 49.0 Å². The van der Waals surface area contributed by atoms with Crippen LogP contribution in [0.2, 0.25) is 0 Å². The molecule has 0 aliphatic carbocycles. The number of aliphatic hydroxyl groups excluding tert-OH is 1. The molecule has 3 rings (SSSR count). The SMILES string of the molecule is OCCNc1nc2ccccc2n1Cc1cccc(Br)c1. The molecule has 0 atom stereocenters. The molecule has 0 fully saturated rings. The Balaban J connectivity index is 2.02. The van der Waals surface area contributed by atoms with Crippen molar-refractivity contribution < 1.29 is 5.11 Å². The van der Waals surface area contributed by atoms with Crippen molar-refractivity contribution in [1.82, 2.24) is 9.55 Å². The summed E-state index contributed by atoms with van der Waals surface area (Å²) in [6.07, 6.45) is 0. The summed E-state index contributed by atoms with van der Waals surface area (Å²) in [6, 6.07) is 16.3. The Labute approximate surface area is 131 Å². The maximum absolute atomic E-state index is 9.01. The fourth-order valence-electron chi connectivity index (χ4n) is 2.36. The van der Waals surface area contributed by atoms with Gasteiger partial charge in [0.05, 0.1) is 24.2 Å². The summed E-state index contributed by atoms with van der Waals surface area (Å²) in [7, 11) is 0. The number of rotatable bonds is 5. The van der Waals surface area contributed by atoms with Gasteiger partial charge in [0.2, 0.25) is 5.95 Å². The number of benzene rings is 2. The monoisotopic (exact) mass is 345 g/mol. The smallest absolute Gasteiger partial charge is 0.204 e. The van der Waals surface area contributed by atoms with Gasteiger partial charge < -0.3 is 15.0 Å². The van der Waals surface area contributed by atoms with Crippen molar-refractivity contribution in [1.29, 1.82) is 0 Å². The highest BCUT2D eigenvalue weighted by Gasteiger charge is 2.10. The number of nitrogens with one attached hydrogen (secondary N) is 1. The van der Waals surface area contributed by atoms with Gasteiger partial charge in [0, 0.05) is 11.0 Å². The third-order valence-corrected chi connectivity index (χ3v) is 3.77. The highest BCUT2D eigenvalue weighted by Crippen LogP contribution is 2.22. The highest BCUT2D eigenvalue weighted by atomic mass is 79.9. The number of nitrogens with zero attached hydrogens (tertiary/aromatic N) is 2. The summed E-state index contributed by atoms with van der Waals surface area (Å²) >= 11 is 3.50. The topological polar surface area (TPSA) is 50.1 Å². The van der Waals surface area contributed by atoms with E-state index in [1.807, 2.05) is 30.3 Å². The lowest BCUT2D eigenvalue weighted by Crippen LogP contribution is -2.12. The largest absolute Gasteiger partial charge is 0.395 e. The summed E-state index contributed by atoms with van der Waals surface area (Å²) in [4.78, 5) is 4.60. The van der Waals surface area contributed by atoms with Crippen LogP contribution in [-0.2, 0) is 6.54 Å². The van der Waals surface area contributed by atoms with E-state index >= 15 is 0 Å². The number of para-hydroxylation sites is 2. The summed E-state index contributed by atoms with van der Waals surface area (Å²) in [5, 5.41) is 12.2. The number of aliphatic hydroxyl groups is 1. The zero-order valence-corrected chi connectivity index (χ0v) is 13.0. The van der Waals surface area contributed by atoms with Crippen LogP contribution >= 0.6 is 15.9 Å². The molecular weight excluding hydrogens is 330 g/mol. The molecule has 2 aromatic carbocycles. The van der Waals surface area contributed by atoms with Crippen LogP contribution < -0.4 is 5.32 Å². The molecule has 0 spiro atoms. The number of aromatic nitrogens is 2. The predicted molar refractivity (Wildman–Crippen MR) is 88.6 cm³/mol.